The second kappa shape index (κ2) is 6.67. The number of halogens is 1. The molecule has 2 nitrogen and oxygen atoms in total. The van der Waals surface area contributed by atoms with Crippen molar-refractivity contribution in [2.45, 2.75) is 6.92 Å². The maximum absolute atomic E-state index is 12.0. The molecule has 114 valence electrons. The average molecular weight is 323 g/mol. The van der Waals surface area contributed by atoms with E-state index in [0.717, 1.165) is 16.9 Å². The molecule has 0 unspecified atom stereocenters. The number of hydrogen-bond donors (Lipinski definition) is 0. The first kappa shape index (κ1) is 15.3. The highest BCUT2D eigenvalue weighted by Crippen LogP contribution is 2.30. The summed E-state index contributed by atoms with van der Waals surface area (Å²) in [6.45, 7) is 1.95. The summed E-state index contributed by atoms with van der Waals surface area (Å²) in [5, 5.41) is 0.704. The molecule has 2 aromatic carbocycles. The second-order valence-corrected chi connectivity index (χ2v) is 5.59. The van der Waals surface area contributed by atoms with Crippen LogP contribution < -0.4 is 0 Å². The molecule has 0 spiro atoms. The lowest BCUT2D eigenvalue weighted by Gasteiger charge is -2.03. The van der Waals surface area contributed by atoms with Crippen molar-refractivity contribution in [2.75, 3.05) is 0 Å². The number of hydrogen-bond acceptors (Lipinski definition) is 2. The van der Waals surface area contributed by atoms with Crippen LogP contribution in [0.5, 0.6) is 0 Å². The van der Waals surface area contributed by atoms with Crippen molar-refractivity contribution >= 4 is 23.5 Å². The van der Waals surface area contributed by atoms with Crippen LogP contribution in [0.1, 0.15) is 21.7 Å². The summed E-state index contributed by atoms with van der Waals surface area (Å²) in [6.07, 6.45) is 3.20. The molecule has 0 atom stereocenters. The molecule has 0 aliphatic heterocycles. The van der Waals surface area contributed by atoms with Gasteiger partial charge in [-0.2, -0.15) is 0 Å². The minimum absolute atomic E-state index is 0.0533. The van der Waals surface area contributed by atoms with Gasteiger partial charge in [0, 0.05) is 16.1 Å². The molecular weight excluding hydrogens is 308 g/mol. The van der Waals surface area contributed by atoms with Crippen LogP contribution in [0, 0.1) is 6.92 Å². The summed E-state index contributed by atoms with van der Waals surface area (Å²) in [5.41, 5.74) is 2.58. The SMILES string of the molecule is Cc1c(Cl)cccc1-c1ccc(/C=C/C(=O)c2ccccc2)o1. The highest BCUT2D eigenvalue weighted by molar-refractivity contribution is 6.31. The Hall–Kier alpha value is -2.58. The Morgan fingerprint density at radius 3 is 2.57 bits per heavy atom. The molecule has 0 radical (unpaired) electrons. The van der Waals surface area contributed by atoms with E-state index in [0.29, 0.717) is 16.3 Å². The number of benzene rings is 2. The Kier molecular flexibility index (Phi) is 4.45. The third-order valence-electron chi connectivity index (χ3n) is 3.62. The van der Waals surface area contributed by atoms with E-state index in [1.54, 1.807) is 18.2 Å². The summed E-state index contributed by atoms with van der Waals surface area (Å²) in [5.74, 6) is 1.31. The lowest BCUT2D eigenvalue weighted by molar-refractivity contribution is 0.104. The number of carbonyl (C=O) groups excluding carboxylic acids is 1. The van der Waals surface area contributed by atoms with E-state index in [4.69, 9.17) is 16.0 Å². The minimum atomic E-state index is -0.0533. The van der Waals surface area contributed by atoms with Gasteiger partial charge < -0.3 is 4.42 Å². The van der Waals surface area contributed by atoms with Crippen LogP contribution in [0.2, 0.25) is 5.02 Å². The van der Waals surface area contributed by atoms with Gasteiger partial charge in [0.15, 0.2) is 5.78 Å². The van der Waals surface area contributed by atoms with Gasteiger partial charge >= 0.3 is 0 Å². The largest absolute Gasteiger partial charge is 0.457 e. The van der Waals surface area contributed by atoms with Gasteiger partial charge in [0.2, 0.25) is 0 Å². The van der Waals surface area contributed by atoms with Crippen molar-refractivity contribution in [2.24, 2.45) is 0 Å². The standard InChI is InChI=1S/C20H15ClO2/c1-14-17(8-5-9-18(14)21)20-13-11-16(23-20)10-12-19(22)15-6-3-2-4-7-15/h2-13H,1H3/b12-10+. The van der Waals surface area contributed by atoms with Crippen LogP contribution in [0.15, 0.2) is 71.2 Å². The van der Waals surface area contributed by atoms with Crippen LogP contribution in [0.25, 0.3) is 17.4 Å². The molecule has 0 fully saturated rings. The molecule has 0 N–H and O–H groups in total. The molecule has 0 aliphatic carbocycles. The molecule has 0 bridgehead atoms. The Bertz CT molecular complexity index is 860. The fourth-order valence-corrected chi connectivity index (χ4v) is 2.49. The Balaban J connectivity index is 1.81. The van der Waals surface area contributed by atoms with Crippen LogP contribution >= 0.6 is 11.6 Å². The van der Waals surface area contributed by atoms with Crippen LogP contribution in [0.4, 0.5) is 0 Å². The number of furan rings is 1. The highest BCUT2D eigenvalue weighted by Gasteiger charge is 2.08. The van der Waals surface area contributed by atoms with E-state index in [1.807, 2.05) is 55.5 Å². The fourth-order valence-electron chi connectivity index (χ4n) is 2.32. The van der Waals surface area contributed by atoms with Crippen molar-refractivity contribution in [1.82, 2.24) is 0 Å². The summed E-state index contributed by atoms with van der Waals surface area (Å²) < 4.78 is 5.79. The summed E-state index contributed by atoms with van der Waals surface area (Å²) in [6, 6.07) is 18.6. The third kappa shape index (κ3) is 3.43. The first-order valence-electron chi connectivity index (χ1n) is 7.28. The Morgan fingerprint density at radius 1 is 1.00 bits per heavy atom. The number of rotatable bonds is 4. The zero-order valence-electron chi connectivity index (χ0n) is 12.6. The first-order chi connectivity index (χ1) is 11.1. The van der Waals surface area contributed by atoms with E-state index in [9.17, 15) is 4.79 Å². The van der Waals surface area contributed by atoms with Crippen LogP contribution in [-0.4, -0.2) is 5.78 Å². The normalized spacial score (nSPS) is 11.0. The molecule has 0 aliphatic rings. The predicted octanol–water partition coefficient (Wildman–Crippen LogP) is 5.80. The zero-order valence-corrected chi connectivity index (χ0v) is 13.4. The quantitative estimate of drug-likeness (QED) is 0.448. The van der Waals surface area contributed by atoms with Crippen molar-refractivity contribution in [3.05, 3.63) is 88.6 Å². The van der Waals surface area contributed by atoms with Gasteiger partial charge in [-0.15, -0.1) is 0 Å². The van der Waals surface area contributed by atoms with Crippen molar-refractivity contribution in [3.63, 3.8) is 0 Å². The second-order valence-electron chi connectivity index (χ2n) is 5.18. The lowest BCUT2D eigenvalue weighted by Crippen LogP contribution is -1.92. The van der Waals surface area contributed by atoms with Gasteiger partial charge in [-0.3, -0.25) is 4.79 Å². The van der Waals surface area contributed by atoms with Gasteiger partial charge in [-0.05, 0) is 42.8 Å². The van der Waals surface area contributed by atoms with Gasteiger partial charge in [0.05, 0.1) is 0 Å². The average Bonchev–Trinajstić information content (AvgIpc) is 3.04. The number of carbonyl (C=O) groups is 1. The van der Waals surface area contributed by atoms with Gasteiger partial charge in [0.25, 0.3) is 0 Å². The summed E-state index contributed by atoms with van der Waals surface area (Å²) in [4.78, 5) is 12.0. The monoisotopic (exact) mass is 322 g/mol. The summed E-state index contributed by atoms with van der Waals surface area (Å²) in [7, 11) is 0. The molecule has 0 saturated carbocycles. The van der Waals surface area contributed by atoms with E-state index in [-0.39, 0.29) is 5.78 Å². The molecule has 23 heavy (non-hydrogen) atoms. The molecule has 1 heterocycles. The first-order valence-corrected chi connectivity index (χ1v) is 7.66. The smallest absolute Gasteiger partial charge is 0.185 e. The molecule has 3 rings (SSSR count). The van der Waals surface area contributed by atoms with E-state index in [2.05, 4.69) is 0 Å². The maximum Gasteiger partial charge on any atom is 0.185 e. The Morgan fingerprint density at radius 2 is 1.78 bits per heavy atom. The van der Waals surface area contributed by atoms with Gasteiger partial charge in [0.1, 0.15) is 11.5 Å². The van der Waals surface area contributed by atoms with Gasteiger partial charge in [-0.25, -0.2) is 0 Å². The highest BCUT2D eigenvalue weighted by atomic mass is 35.5. The fraction of sp³-hybridized carbons (Fsp3) is 0.0500. The van der Waals surface area contributed by atoms with E-state index >= 15 is 0 Å². The summed E-state index contributed by atoms with van der Waals surface area (Å²) >= 11 is 6.14. The Labute approximate surface area is 140 Å². The maximum atomic E-state index is 12.0. The van der Waals surface area contributed by atoms with Gasteiger partial charge in [-0.1, -0.05) is 54.1 Å². The van der Waals surface area contributed by atoms with Crippen molar-refractivity contribution in [3.8, 4) is 11.3 Å². The predicted molar refractivity (Wildman–Crippen MR) is 93.7 cm³/mol. The zero-order chi connectivity index (χ0) is 16.2. The molecular formula is C20H15ClO2. The van der Waals surface area contributed by atoms with Crippen LogP contribution in [0.3, 0.4) is 0 Å². The molecule has 0 amide bonds. The topological polar surface area (TPSA) is 30.2 Å². The number of allylic oxidation sites excluding steroid dienone is 1. The van der Waals surface area contributed by atoms with Crippen LogP contribution in [-0.2, 0) is 0 Å². The van der Waals surface area contributed by atoms with E-state index in [1.165, 1.54) is 6.08 Å². The molecule has 1 aromatic heterocycles. The van der Waals surface area contributed by atoms with Crippen molar-refractivity contribution in [1.29, 1.82) is 0 Å². The number of ketones is 1. The molecule has 0 saturated heterocycles. The van der Waals surface area contributed by atoms with E-state index < -0.39 is 0 Å². The third-order valence-corrected chi connectivity index (χ3v) is 4.03. The minimum Gasteiger partial charge on any atom is -0.457 e. The molecule has 3 heteroatoms. The molecule has 3 aromatic rings. The van der Waals surface area contributed by atoms with Crippen molar-refractivity contribution < 1.29 is 9.21 Å². The lowest BCUT2D eigenvalue weighted by atomic mass is 10.1.